The van der Waals surface area contributed by atoms with Gasteiger partial charge >= 0.3 is 5.97 Å². The minimum absolute atomic E-state index is 0. The monoisotopic (exact) mass is 223 g/mol. The first-order valence-corrected chi connectivity index (χ1v) is 4.83. The Balaban J connectivity index is 0. The highest BCUT2D eigenvalue weighted by Gasteiger charge is 2.18. The predicted octanol–water partition coefficient (Wildman–Crippen LogP) is 2.30. The molecule has 14 heavy (non-hydrogen) atoms. The molecule has 4 heteroatoms. The number of carbonyl (C=O) groups is 1. The second-order valence-electron chi connectivity index (χ2n) is 4.62. The van der Waals surface area contributed by atoms with Crippen molar-refractivity contribution in [2.45, 2.75) is 46.6 Å². The summed E-state index contributed by atoms with van der Waals surface area (Å²) in [4.78, 5) is 10.7. The molecule has 0 aliphatic carbocycles. The average Bonchev–Trinajstić information content (AvgIpc) is 1.95. The summed E-state index contributed by atoms with van der Waals surface area (Å²) in [7, 11) is 0. The zero-order chi connectivity index (χ0) is 10.5. The molecule has 0 aromatic carbocycles. The van der Waals surface area contributed by atoms with Crippen LogP contribution in [0, 0.1) is 5.41 Å². The lowest BCUT2D eigenvalue weighted by Crippen LogP contribution is -2.40. The Morgan fingerprint density at radius 1 is 1.43 bits per heavy atom. The number of rotatable bonds is 5. The molecular formula is C10H22ClNO2. The van der Waals surface area contributed by atoms with E-state index in [0.717, 1.165) is 13.0 Å². The predicted molar refractivity (Wildman–Crippen MR) is 61.0 cm³/mol. The Bertz CT molecular complexity index is 166. The van der Waals surface area contributed by atoms with Crippen LogP contribution in [0.15, 0.2) is 0 Å². The maximum Gasteiger partial charge on any atom is 0.320 e. The summed E-state index contributed by atoms with van der Waals surface area (Å²) in [6, 6.07) is -0.385. The molecule has 0 spiro atoms. The molecule has 0 saturated carbocycles. The van der Waals surface area contributed by atoms with E-state index in [1.54, 1.807) is 0 Å². The first-order chi connectivity index (χ1) is 5.87. The van der Waals surface area contributed by atoms with Gasteiger partial charge in [-0.15, -0.1) is 12.4 Å². The largest absolute Gasteiger partial charge is 0.480 e. The highest BCUT2D eigenvalue weighted by Crippen LogP contribution is 2.11. The molecule has 0 bridgehead atoms. The Hall–Kier alpha value is -0.280. The number of carboxylic acids is 1. The summed E-state index contributed by atoms with van der Waals surface area (Å²) in [5.41, 5.74) is 0.140. The Labute approximate surface area is 92.7 Å². The van der Waals surface area contributed by atoms with Crippen LogP contribution in [-0.2, 0) is 4.79 Å². The molecule has 0 aliphatic heterocycles. The molecule has 0 fully saturated rings. The van der Waals surface area contributed by atoms with Crippen LogP contribution in [0.3, 0.4) is 0 Å². The fourth-order valence-corrected chi connectivity index (χ4v) is 1.03. The summed E-state index contributed by atoms with van der Waals surface area (Å²) in [5.74, 6) is -0.744. The molecule has 0 rings (SSSR count). The molecule has 2 N–H and O–H groups in total. The van der Waals surface area contributed by atoms with Crippen LogP contribution < -0.4 is 5.32 Å². The molecule has 0 saturated heterocycles. The maximum absolute atomic E-state index is 10.7. The number of carboxylic acid groups (broad SMARTS) is 1. The van der Waals surface area contributed by atoms with Crippen LogP contribution in [0.2, 0.25) is 0 Å². The quantitative estimate of drug-likeness (QED) is 0.752. The minimum atomic E-state index is -0.744. The molecule has 1 atom stereocenters. The first kappa shape index (κ1) is 16.2. The summed E-state index contributed by atoms with van der Waals surface area (Å²) >= 11 is 0. The van der Waals surface area contributed by atoms with Crippen LogP contribution in [-0.4, -0.2) is 23.7 Å². The lowest BCUT2D eigenvalue weighted by Gasteiger charge is -2.22. The molecule has 86 valence electrons. The van der Waals surface area contributed by atoms with Crippen molar-refractivity contribution < 1.29 is 9.90 Å². The lowest BCUT2D eigenvalue weighted by molar-refractivity contribution is -0.139. The number of hydrogen-bond acceptors (Lipinski definition) is 2. The zero-order valence-electron chi connectivity index (χ0n) is 9.46. The van der Waals surface area contributed by atoms with Crippen LogP contribution in [0.25, 0.3) is 0 Å². The molecule has 0 unspecified atom stereocenters. The van der Waals surface area contributed by atoms with Crippen molar-refractivity contribution in [2.24, 2.45) is 5.41 Å². The highest BCUT2D eigenvalue weighted by molar-refractivity contribution is 5.85. The van der Waals surface area contributed by atoms with Gasteiger partial charge in [0.2, 0.25) is 0 Å². The number of hydrogen-bond donors (Lipinski definition) is 2. The van der Waals surface area contributed by atoms with Gasteiger partial charge in [-0.05, 0) is 11.8 Å². The van der Waals surface area contributed by atoms with E-state index < -0.39 is 5.97 Å². The van der Waals surface area contributed by atoms with Crippen LogP contribution >= 0.6 is 12.4 Å². The van der Waals surface area contributed by atoms with Crippen LogP contribution in [0.5, 0.6) is 0 Å². The van der Waals surface area contributed by atoms with Crippen molar-refractivity contribution >= 4 is 18.4 Å². The topological polar surface area (TPSA) is 49.3 Å². The van der Waals surface area contributed by atoms with E-state index in [9.17, 15) is 4.79 Å². The second-order valence-corrected chi connectivity index (χ2v) is 4.62. The van der Waals surface area contributed by atoms with Gasteiger partial charge in [-0.25, -0.2) is 0 Å². The summed E-state index contributed by atoms with van der Waals surface area (Å²) in [5, 5.41) is 11.9. The van der Waals surface area contributed by atoms with Gasteiger partial charge in [-0.2, -0.15) is 0 Å². The minimum Gasteiger partial charge on any atom is -0.480 e. The molecule has 3 nitrogen and oxygen atoms in total. The van der Waals surface area contributed by atoms with Gasteiger partial charge in [0.15, 0.2) is 0 Å². The molecule has 0 amide bonds. The normalized spacial score (nSPS) is 13.1. The van der Waals surface area contributed by atoms with Crippen molar-refractivity contribution in [1.29, 1.82) is 0 Å². The summed E-state index contributed by atoms with van der Waals surface area (Å²) in [6.07, 6.45) is 1.60. The summed E-state index contributed by atoms with van der Waals surface area (Å²) in [6.45, 7) is 9.00. The van der Waals surface area contributed by atoms with E-state index in [2.05, 4.69) is 26.1 Å². The van der Waals surface area contributed by atoms with Gasteiger partial charge < -0.3 is 10.4 Å². The van der Waals surface area contributed by atoms with Crippen molar-refractivity contribution in [3.05, 3.63) is 0 Å². The Kier molecular flexibility index (Phi) is 8.16. The smallest absolute Gasteiger partial charge is 0.320 e. The fraction of sp³-hybridized carbons (Fsp3) is 0.900. The molecular weight excluding hydrogens is 202 g/mol. The third kappa shape index (κ3) is 8.32. The van der Waals surface area contributed by atoms with E-state index in [0.29, 0.717) is 6.42 Å². The average molecular weight is 224 g/mol. The molecule has 0 heterocycles. The van der Waals surface area contributed by atoms with Crippen molar-refractivity contribution in [3.63, 3.8) is 0 Å². The van der Waals surface area contributed by atoms with Crippen LogP contribution in [0.1, 0.15) is 40.5 Å². The SMILES string of the molecule is CCC[C@H](NCC(C)(C)C)C(=O)O.Cl. The fourth-order valence-electron chi connectivity index (χ4n) is 1.03. The first-order valence-electron chi connectivity index (χ1n) is 4.83. The lowest BCUT2D eigenvalue weighted by atomic mass is 9.96. The standard InChI is InChI=1S/C10H21NO2.ClH/c1-5-6-8(9(12)13)11-7-10(2,3)4;/h8,11H,5-7H2,1-4H3,(H,12,13);1H/t8-;/m0./s1. The highest BCUT2D eigenvalue weighted by atomic mass is 35.5. The summed E-state index contributed by atoms with van der Waals surface area (Å²) < 4.78 is 0. The van der Waals surface area contributed by atoms with E-state index in [-0.39, 0.29) is 23.9 Å². The van der Waals surface area contributed by atoms with E-state index >= 15 is 0 Å². The van der Waals surface area contributed by atoms with Gasteiger partial charge in [-0.3, -0.25) is 4.79 Å². The molecule has 0 aliphatic rings. The number of nitrogens with one attached hydrogen (secondary N) is 1. The number of aliphatic carboxylic acids is 1. The number of halogens is 1. The molecule has 0 radical (unpaired) electrons. The van der Waals surface area contributed by atoms with Gasteiger partial charge in [0.1, 0.15) is 6.04 Å². The van der Waals surface area contributed by atoms with Crippen molar-refractivity contribution in [2.75, 3.05) is 6.54 Å². The molecule has 0 aromatic heterocycles. The maximum atomic E-state index is 10.7. The zero-order valence-corrected chi connectivity index (χ0v) is 10.3. The molecule has 0 aromatic rings. The Morgan fingerprint density at radius 3 is 2.21 bits per heavy atom. The van der Waals surface area contributed by atoms with Gasteiger partial charge in [0.05, 0.1) is 0 Å². The third-order valence-electron chi connectivity index (χ3n) is 1.75. The van der Waals surface area contributed by atoms with E-state index in [4.69, 9.17) is 5.11 Å². The van der Waals surface area contributed by atoms with E-state index in [1.807, 2.05) is 6.92 Å². The Morgan fingerprint density at radius 2 is 1.93 bits per heavy atom. The second kappa shape index (κ2) is 7.07. The van der Waals surface area contributed by atoms with Gasteiger partial charge in [-0.1, -0.05) is 34.1 Å². The van der Waals surface area contributed by atoms with Crippen LogP contribution in [0.4, 0.5) is 0 Å². The van der Waals surface area contributed by atoms with Gasteiger partial charge in [0, 0.05) is 6.54 Å². The van der Waals surface area contributed by atoms with Gasteiger partial charge in [0.25, 0.3) is 0 Å². The third-order valence-corrected chi connectivity index (χ3v) is 1.75. The van der Waals surface area contributed by atoms with E-state index in [1.165, 1.54) is 0 Å². The van der Waals surface area contributed by atoms with Crippen molar-refractivity contribution in [3.8, 4) is 0 Å². The van der Waals surface area contributed by atoms with Crippen molar-refractivity contribution in [1.82, 2.24) is 5.32 Å².